The van der Waals surface area contributed by atoms with Crippen molar-refractivity contribution < 1.29 is 18.0 Å². The second-order valence-electron chi connectivity index (χ2n) is 6.17. The largest absolute Gasteiger partial charge is 0.397 e. The summed E-state index contributed by atoms with van der Waals surface area (Å²) in [6.07, 6.45) is -5.85. The van der Waals surface area contributed by atoms with Crippen molar-refractivity contribution in [1.29, 1.82) is 0 Å². The molecule has 1 saturated heterocycles. The number of piperazine rings is 1. The number of alkyl halides is 3. The fraction of sp³-hybridized carbons (Fsp3) is 0.500. The Labute approximate surface area is 148 Å². The van der Waals surface area contributed by atoms with Crippen LogP contribution in [0.25, 0.3) is 11.0 Å². The van der Waals surface area contributed by atoms with E-state index in [1.165, 1.54) is 4.90 Å². The fourth-order valence-corrected chi connectivity index (χ4v) is 3.17. The Hall–Kier alpha value is -1.80. The molecule has 0 saturated carbocycles. The number of amides is 1. The van der Waals surface area contributed by atoms with Crippen LogP contribution in [-0.2, 0) is 18.4 Å². The number of carbonyl (C=O) groups excluding carboxylic acids is 1. The highest BCUT2D eigenvalue weighted by Crippen LogP contribution is 2.22. The predicted molar refractivity (Wildman–Crippen MR) is 88.3 cm³/mol. The minimum Gasteiger partial charge on any atom is -0.340 e. The predicted octanol–water partition coefficient (Wildman–Crippen LogP) is 2.82. The summed E-state index contributed by atoms with van der Waals surface area (Å²) in [5.74, 6) is -0.00291. The van der Waals surface area contributed by atoms with Gasteiger partial charge in [0.15, 0.2) is 0 Å². The summed E-state index contributed by atoms with van der Waals surface area (Å²) in [5, 5.41) is 0.619. The average molecular weight is 375 g/mol. The molecule has 1 aromatic heterocycles. The Kier molecular flexibility index (Phi) is 4.92. The maximum Gasteiger partial charge on any atom is 0.397 e. The number of aromatic nitrogens is 2. The topological polar surface area (TPSA) is 41.4 Å². The summed E-state index contributed by atoms with van der Waals surface area (Å²) in [4.78, 5) is 19.6. The van der Waals surface area contributed by atoms with Crippen LogP contribution in [0.1, 0.15) is 12.2 Å². The normalized spacial score (nSPS) is 16.6. The van der Waals surface area contributed by atoms with Crippen LogP contribution in [0.5, 0.6) is 0 Å². The minimum absolute atomic E-state index is 0.296. The van der Waals surface area contributed by atoms with E-state index >= 15 is 0 Å². The number of nitrogens with zero attached hydrogens (tertiary/aromatic N) is 4. The number of halogens is 4. The SMILES string of the molecule is Cn1c(CN2CCN(C(=O)CC(F)(F)F)CC2)nc2cc(Cl)ccc21. The first kappa shape index (κ1) is 18.0. The van der Waals surface area contributed by atoms with Gasteiger partial charge in [-0.15, -0.1) is 0 Å². The quantitative estimate of drug-likeness (QED) is 0.829. The molecule has 1 aromatic carbocycles. The molecule has 1 fully saturated rings. The molecule has 0 unspecified atom stereocenters. The van der Waals surface area contributed by atoms with E-state index in [0.29, 0.717) is 37.7 Å². The third-order valence-corrected chi connectivity index (χ3v) is 4.61. The monoisotopic (exact) mass is 374 g/mol. The molecule has 0 radical (unpaired) electrons. The molecule has 0 spiro atoms. The maximum absolute atomic E-state index is 12.3. The number of hydrogen-bond acceptors (Lipinski definition) is 3. The van der Waals surface area contributed by atoms with Gasteiger partial charge in [0.1, 0.15) is 12.2 Å². The lowest BCUT2D eigenvalue weighted by Gasteiger charge is -2.34. The number of aryl methyl sites for hydroxylation is 1. The molecule has 2 aromatic rings. The van der Waals surface area contributed by atoms with Crippen molar-refractivity contribution >= 4 is 28.5 Å². The smallest absolute Gasteiger partial charge is 0.340 e. The molecule has 0 aliphatic carbocycles. The van der Waals surface area contributed by atoms with E-state index in [0.717, 1.165) is 16.9 Å². The van der Waals surface area contributed by atoms with Crippen LogP contribution in [0.4, 0.5) is 13.2 Å². The molecule has 0 N–H and O–H groups in total. The molecule has 1 aliphatic rings. The Morgan fingerprint density at radius 3 is 2.56 bits per heavy atom. The van der Waals surface area contributed by atoms with Gasteiger partial charge in [0.05, 0.1) is 17.6 Å². The summed E-state index contributed by atoms with van der Waals surface area (Å²) < 4.78 is 38.9. The standard InChI is InChI=1S/C16H18ClF3N4O/c1-22-13-3-2-11(17)8-12(13)21-14(22)10-23-4-6-24(7-5-23)15(25)9-16(18,19)20/h2-3,8H,4-7,9-10H2,1H3. The van der Waals surface area contributed by atoms with Crippen LogP contribution in [0.2, 0.25) is 5.02 Å². The van der Waals surface area contributed by atoms with Gasteiger partial charge >= 0.3 is 6.18 Å². The molecule has 0 bridgehead atoms. The van der Waals surface area contributed by atoms with Crippen molar-refractivity contribution in [2.45, 2.75) is 19.1 Å². The highest BCUT2D eigenvalue weighted by Gasteiger charge is 2.34. The van der Waals surface area contributed by atoms with Crippen molar-refractivity contribution in [2.75, 3.05) is 26.2 Å². The highest BCUT2D eigenvalue weighted by molar-refractivity contribution is 6.31. The van der Waals surface area contributed by atoms with Crippen molar-refractivity contribution in [3.05, 3.63) is 29.0 Å². The van der Waals surface area contributed by atoms with E-state index < -0.39 is 18.5 Å². The summed E-state index contributed by atoms with van der Waals surface area (Å²) in [6.45, 7) is 2.21. The van der Waals surface area contributed by atoms with Crippen LogP contribution in [-0.4, -0.2) is 57.6 Å². The fourth-order valence-electron chi connectivity index (χ4n) is 3.00. The van der Waals surface area contributed by atoms with Crippen molar-refractivity contribution in [2.24, 2.45) is 7.05 Å². The Bertz CT molecular complexity index is 782. The highest BCUT2D eigenvalue weighted by atomic mass is 35.5. The second kappa shape index (κ2) is 6.84. The minimum atomic E-state index is -4.46. The maximum atomic E-state index is 12.3. The summed E-state index contributed by atoms with van der Waals surface area (Å²) in [6, 6.07) is 5.51. The first-order valence-corrected chi connectivity index (χ1v) is 8.28. The van der Waals surface area contributed by atoms with Gasteiger partial charge in [-0.05, 0) is 18.2 Å². The van der Waals surface area contributed by atoms with Gasteiger partial charge in [0.25, 0.3) is 0 Å². The number of rotatable bonds is 3. The van der Waals surface area contributed by atoms with Crippen LogP contribution in [0.15, 0.2) is 18.2 Å². The van der Waals surface area contributed by atoms with Gasteiger partial charge in [-0.3, -0.25) is 9.69 Å². The molecule has 3 rings (SSSR count). The molecule has 1 aliphatic heterocycles. The van der Waals surface area contributed by atoms with Gasteiger partial charge in [-0.25, -0.2) is 4.98 Å². The van der Waals surface area contributed by atoms with Gasteiger partial charge in [0.2, 0.25) is 5.91 Å². The lowest BCUT2D eigenvalue weighted by molar-refractivity contribution is -0.162. The van der Waals surface area contributed by atoms with Gasteiger partial charge in [-0.1, -0.05) is 11.6 Å². The number of imidazole rings is 1. The molecule has 25 heavy (non-hydrogen) atoms. The van der Waals surface area contributed by atoms with Crippen molar-refractivity contribution in [3.63, 3.8) is 0 Å². The number of hydrogen-bond donors (Lipinski definition) is 0. The zero-order valence-electron chi connectivity index (χ0n) is 13.7. The number of benzene rings is 1. The summed E-state index contributed by atoms with van der Waals surface area (Å²) >= 11 is 5.99. The zero-order valence-corrected chi connectivity index (χ0v) is 14.4. The average Bonchev–Trinajstić information content (AvgIpc) is 2.82. The zero-order chi connectivity index (χ0) is 18.2. The Balaban J connectivity index is 1.61. The summed E-state index contributed by atoms with van der Waals surface area (Å²) in [5.41, 5.74) is 1.78. The molecular formula is C16H18ClF3N4O. The van der Waals surface area contributed by atoms with Gasteiger partial charge in [0, 0.05) is 38.2 Å². The Morgan fingerprint density at radius 2 is 1.92 bits per heavy atom. The second-order valence-corrected chi connectivity index (χ2v) is 6.61. The van der Waals surface area contributed by atoms with Crippen LogP contribution in [0, 0.1) is 0 Å². The van der Waals surface area contributed by atoms with Crippen molar-refractivity contribution in [3.8, 4) is 0 Å². The third kappa shape index (κ3) is 4.24. The van der Waals surface area contributed by atoms with E-state index in [4.69, 9.17) is 11.6 Å². The molecule has 0 atom stereocenters. The van der Waals surface area contributed by atoms with E-state index in [2.05, 4.69) is 9.88 Å². The molecule has 2 heterocycles. The lowest BCUT2D eigenvalue weighted by Crippen LogP contribution is -2.49. The molecular weight excluding hydrogens is 357 g/mol. The molecule has 5 nitrogen and oxygen atoms in total. The Morgan fingerprint density at radius 1 is 1.24 bits per heavy atom. The lowest BCUT2D eigenvalue weighted by atomic mass is 10.2. The van der Waals surface area contributed by atoms with E-state index in [9.17, 15) is 18.0 Å². The number of carbonyl (C=O) groups is 1. The first-order valence-electron chi connectivity index (χ1n) is 7.91. The van der Waals surface area contributed by atoms with E-state index in [1.807, 2.05) is 17.7 Å². The van der Waals surface area contributed by atoms with Crippen LogP contribution in [0.3, 0.4) is 0 Å². The third-order valence-electron chi connectivity index (χ3n) is 4.38. The summed E-state index contributed by atoms with van der Waals surface area (Å²) in [7, 11) is 1.92. The van der Waals surface area contributed by atoms with Crippen molar-refractivity contribution in [1.82, 2.24) is 19.4 Å². The van der Waals surface area contributed by atoms with Gasteiger partial charge in [-0.2, -0.15) is 13.2 Å². The molecule has 136 valence electrons. The van der Waals surface area contributed by atoms with Crippen LogP contribution >= 0.6 is 11.6 Å². The molecule has 9 heteroatoms. The van der Waals surface area contributed by atoms with E-state index in [-0.39, 0.29) is 0 Å². The first-order chi connectivity index (χ1) is 11.7. The van der Waals surface area contributed by atoms with Crippen LogP contribution < -0.4 is 0 Å². The van der Waals surface area contributed by atoms with E-state index in [1.54, 1.807) is 12.1 Å². The number of fused-ring (bicyclic) bond motifs is 1. The molecule has 1 amide bonds. The van der Waals surface area contributed by atoms with Gasteiger partial charge < -0.3 is 9.47 Å².